The fourth-order valence-electron chi connectivity index (χ4n) is 1.90. The number of hydrogen-bond acceptors (Lipinski definition) is 2. The first-order valence-electron chi connectivity index (χ1n) is 6.31. The van der Waals surface area contributed by atoms with Gasteiger partial charge in [-0.25, -0.2) is 13.2 Å². The molecule has 1 rings (SSSR count). The van der Waals surface area contributed by atoms with E-state index in [-0.39, 0.29) is 18.5 Å². The highest BCUT2D eigenvalue weighted by molar-refractivity contribution is 5.27. The van der Waals surface area contributed by atoms with Crippen LogP contribution in [0.15, 0.2) is 18.2 Å². The lowest BCUT2D eigenvalue weighted by molar-refractivity contribution is 0.0146. The molecule has 1 aromatic rings. The maximum atomic E-state index is 13.0. The van der Waals surface area contributed by atoms with Crippen molar-refractivity contribution in [2.75, 3.05) is 20.3 Å². The number of halogens is 3. The molecule has 0 saturated carbocycles. The monoisotopic (exact) mass is 275 g/mol. The van der Waals surface area contributed by atoms with Gasteiger partial charge >= 0.3 is 0 Å². The van der Waals surface area contributed by atoms with Gasteiger partial charge in [-0.1, -0.05) is 6.07 Å². The van der Waals surface area contributed by atoms with Crippen LogP contribution in [0.4, 0.5) is 13.2 Å². The van der Waals surface area contributed by atoms with Crippen molar-refractivity contribution in [2.24, 2.45) is 0 Å². The molecular weight excluding hydrogens is 255 g/mol. The van der Waals surface area contributed by atoms with Crippen LogP contribution in [0.3, 0.4) is 0 Å². The van der Waals surface area contributed by atoms with Crippen molar-refractivity contribution in [3.05, 3.63) is 35.1 Å². The molecule has 19 heavy (non-hydrogen) atoms. The minimum absolute atomic E-state index is 0.127. The van der Waals surface area contributed by atoms with E-state index in [9.17, 15) is 13.2 Å². The van der Waals surface area contributed by atoms with Crippen molar-refractivity contribution in [1.29, 1.82) is 0 Å². The highest BCUT2D eigenvalue weighted by Gasteiger charge is 2.10. The number of alkyl halides is 2. The maximum absolute atomic E-state index is 13.0. The lowest BCUT2D eigenvalue weighted by Crippen LogP contribution is -2.29. The minimum Gasteiger partial charge on any atom is -0.375 e. The summed E-state index contributed by atoms with van der Waals surface area (Å²) in [7, 11) is 1.82. The number of benzene rings is 1. The summed E-state index contributed by atoms with van der Waals surface area (Å²) in [6.45, 7) is 1.63. The van der Waals surface area contributed by atoms with E-state index in [2.05, 4.69) is 5.32 Å². The Bertz CT molecular complexity index is 385. The fraction of sp³-hybridized carbons (Fsp3) is 0.571. The van der Waals surface area contributed by atoms with Crippen molar-refractivity contribution in [1.82, 2.24) is 5.32 Å². The van der Waals surface area contributed by atoms with E-state index in [1.165, 1.54) is 12.1 Å². The van der Waals surface area contributed by atoms with Gasteiger partial charge in [0.05, 0.1) is 0 Å². The van der Waals surface area contributed by atoms with Gasteiger partial charge in [0, 0.05) is 12.6 Å². The Morgan fingerprint density at radius 2 is 2.05 bits per heavy atom. The van der Waals surface area contributed by atoms with E-state index >= 15 is 0 Å². The highest BCUT2D eigenvalue weighted by atomic mass is 19.3. The summed E-state index contributed by atoms with van der Waals surface area (Å²) in [5.74, 6) is -0.248. The Hall–Kier alpha value is -1.07. The Kier molecular flexibility index (Phi) is 6.87. The van der Waals surface area contributed by atoms with Gasteiger partial charge < -0.3 is 10.1 Å². The van der Waals surface area contributed by atoms with Gasteiger partial charge in [0.1, 0.15) is 12.4 Å². The fourth-order valence-corrected chi connectivity index (χ4v) is 1.90. The highest BCUT2D eigenvalue weighted by Crippen LogP contribution is 2.13. The standard InChI is InChI=1S/C14H20F3NO/c1-10-7-12(15)4-3-11(10)8-13(18-2)5-6-19-9-14(16)17/h3-4,7,13-14,18H,5-6,8-9H2,1-2H3. The molecule has 1 unspecified atom stereocenters. The molecule has 2 nitrogen and oxygen atoms in total. The topological polar surface area (TPSA) is 21.3 Å². The van der Waals surface area contributed by atoms with Crippen LogP contribution < -0.4 is 5.32 Å². The van der Waals surface area contributed by atoms with Crippen LogP contribution >= 0.6 is 0 Å². The molecule has 1 aromatic carbocycles. The molecule has 0 radical (unpaired) electrons. The van der Waals surface area contributed by atoms with E-state index in [0.29, 0.717) is 6.42 Å². The zero-order chi connectivity index (χ0) is 14.3. The van der Waals surface area contributed by atoms with Gasteiger partial charge in [-0.2, -0.15) is 0 Å². The van der Waals surface area contributed by atoms with Gasteiger partial charge in [0.25, 0.3) is 6.43 Å². The van der Waals surface area contributed by atoms with Gasteiger partial charge in [0.15, 0.2) is 0 Å². The average Bonchev–Trinajstić information content (AvgIpc) is 2.35. The lowest BCUT2D eigenvalue weighted by Gasteiger charge is -2.17. The van der Waals surface area contributed by atoms with E-state index in [1.54, 1.807) is 6.07 Å². The molecule has 0 aliphatic heterocycles. The summed E-state index contributed by atoms with van der Waals surface area (Å²) < 4.78 is 41.7. The SMILES string of the molecule is CNC(CCOCC(F)F)Cc1ccc(F)cc1C. The summed E-state index contributed by atoms with van der Waals surface area (Å²) >= 11 is 0. The normalized spacial score (nSPS) is 12.9. The quantitative estimate of drug-likeness (QED) is 0.737. The van der Waals surface area contributed by atoms with Gasteiger partial charge in [-0.3, -0.25) is 0 Å². The Morgan fingerprint density at radius 1 is 1.32 bits per heavy atom. The summed E-state index contributed by atoms with van der Waals surface area (Å²) in [6, 6.07) is 4.81. The lowest BCUT2D eigenvalue weighted by atomic mass is 9.99. The Morgan fingerprint density at radius 3 is 2.63 bits per heavy atom. The molecule has 0 aliphatic carbocycles. The summed E-state index contributed by atoms with van der Waals surface area (Å²) in [4.78, 5) is 0. The molecule has 0 bridgehead atoms. The first kappa shape index (κ1) is 16.0. The predicted octanol–water partition coefficient (Wildman–Crippen LogP) is 2.94. The van der Waals surface area contributed by atoms with Crippen LogP contribution in [-0.2, 0) is 11.2 Å². The summed E-state index contributed by atoms with van der Waals surface area (Å²) in [6.07, 6.45) is -1.06. The zero-order valence-electron chi connectivity index (χ0n) is 11.3. The molecule has 0 fully saturated rings. The zero-order valence-corrected chi connectivity index (χ0v) is 11.3. The molecular formula is C14H20F3NO. The van der Waals surface area contributed by atoms with E-state index in [1.807, 2.05) is 14.0 Å². The van der Waals surface area contributed by atoms with Crippen molar-refractivity contribution in [3.63, 3.8) is 0 Å². The molecule has 5 heteroatoms. The molecule has 1 N–H and O–H groups in total. The summed E-state index contributed by atoms with van der Waals surface area (Å²) in [5.41, 5.74) is 1.95. The van der Waals surface area contributed by atoms with Crippen molar-refractivity contribution in [3.8, 4) is 0 Å². The number of rotatable bonds is 8. The van der Waals surface area contributed by atoms with Gasteiger partial charge in [-0.15, -0.1) is 0 Å². The first-order chi connectivity index (χ1) is 9.02. The molecule has 0 heterocycles. The minimum atomic E-state index is -2.42. The number of aryl methyl sites for hydroxylation is 1. The molecule has 1 atom stereocenters. The Labute approximate surface area is 112 Å². The largest absolute Gasteiger partial charge is 0.375 e. The molecule has 0 amide bonds. The summed E-state index contributed by atoms with van der Waals surface area (Å²) in [5, 5.41) is 3.12. The third-order valence-corrected chi connectivity index (χ3v) is 3.03. The molecule has 0 spiro atoms. The van der Waals surface area contributed by atoms with Crippen LogP contribution in [0.1, 0.15) is 17.5 Å². The van der Waals surface area contributed by atoms with Crippen LogP contribution in [0.5, 0.6) is 0 Å². The molecule has 0 aliphatic rings. The second-order valence-electron chi connectivity index (χ2n) is 4.52. The van der Waals surface area contributed by atoms with Gasteiger partial charge in [-0.05, 0) is 50.1 Å². The molecule has 0 aromatic heterocycles. The first-order valence-corrected chi connectivity index (χ1v) is 6.31. The molecule has 108 valence electrons. The third-order valence-electron chi connectivity index (χ3n) is 3.03. The third kappa shape index (κ3) is 6.07. The number of ether oxygens (including phenoxy) is 1. The van der Waals surface area contributed by atoms with Crippen molar-refractivity contribution < 1.29 is 17.9 Å². The van der Waals surface area contributed by atoms with E-state index in [4.69, 9.17) is 4.74 Å². The van der Waals surface area contributed by atoms with E-state index in [0.717, 1.165) is 17.5 Å². The number of nitrogens with one attached hydrogen (secondary N) is 1. The van der Waals surface area contributed by atoms with Crippen molar-refractivity contribution in [2.45, 2.75) is 32.2 Å². The molecule has 0 saturated heterocycles. The second-order valence-corrected chi connectivity index (χ2v) is 4.52. The number of likely N-dealkylation sites (N-methyl/N-ethyl adjacent to an activating group) is 1. The number of hydrogen-bond donors (Lipinski definition) is 1. The van der Waals surface area contributed by atoms with Crippen LogP contribution in [0, 0.1) is 12.7 Å². The second kappa shape index (κ2) is 8.17. The average molecular weight is 275 g/mol. The van der Waals surface area contributed by atoms with Crippen LogP contribution in [0.2, 0.25) is 0 Å². The predicted molar refractivity (Wildman–Crippen MR) is 69.1 cm³/mol. The van der Waals surface area contributed by atoms with Crippen LogP contribution in [-0.4, -0.2) is 32.7 Å². The maximum Gasteiger partial charge on any atom is 0.261 e. The Balaban J connectivity index is 2.43. The van der Waals surface area contributed by atoms with E-state index < -0.39 is 13.0 Å². The van der Waals surface area contributed by atoms with Crippen molar-refractivity contribution >= 4 is 0 Å². The smallest absolute Gasteiger partial charge is 0.261 e. The van der Waals surface area contributed by atoms with Crippen LogP contribution in [0.25, 0.3) is 0 Å². The van der Waals surface area contributed by atoms with Gasteiger partial charge in [0.2, 0.25) is 0 Å².